The molecule has 2 aromatic carbocycles. The molecular weight excluding hydrogens is 376 g/mol. The highest BCUT2D eigenvalue weighted by Gasteiger charge is 2.55. The number of fused-ring (bicyclic) bond motifs is 1. The molecule has 0 unspecified atom stereocenters. The number of carbonyl (C=O) groups is 2. The fourth-order valence-electron chi connectivity index (χ4n) is 4.84. The van der Waals surface area contributed by atoms with Gasteiger partial charge in [-0.25, -0.2) is 0 Å². The maximum absolute atomic E-state index is 13.7. The zero-order chi connectivity index (χ0) is 20.7. The summed E-state index contributed by atoms with van der Waals surface area (Å²) in [5.74, 6) is -0.0240. The average molecular weight is 402 g/mol. The third kappa shape index (κ3) is 3.08. The first kappa shape index (κ1) is 18.9. The summed E-state index contributed by atoms with van der Waals surface area (Å²) in [6.45, 7) is 1.57. The van der Waals surface area contributed by atoms with E-state index < -0.39 is 5.54 Å². The van der Waals surface area contributed by atoms with Crippen molar-refractivity contribution < 1.29 is 9.59 Å². The van der Waals surface area contributed by atoms with E-state index in [-0.39, 0.29) is 17.9 Å². The molecule has 6 nitrogen and oxygen atoms in total. The lowest BCUT2D eigenvalue weighted by Crippen LogP contribution is -2.68. The number of piperidine rings is 1. The Morgan fingerprint density at radius 2 is 1.87 bits per heavy atom. The summed E-state index contributed by atoms with van der Waals surface area (Å²) >= 11 is 0. The fourth-order valence-corrected chi connectivity index (χ4v) is 4.84. The minimum Gasteiger partial charge on any atom is -0.361 e. The van der Waals surface area contributed by atoms with Crippen LogP contribution in [0.4, 0.5) is 5.69 Å². The Morgan fingerprint density at radius 1 is 1.10 bits per heavy atom. The van der Waals surface area contributed by atoms with Gasteiger partial charge < -0.3 is 20.1 Å². The molecule has 0 aliphatic carbocycles. The number of rotatable bonds is 4. The van der Waals surface area contributed by atoms with Crippen molar-refractivity contribution in [2.24, 2.45) is 0 Å². The highest BCUT2D eigenvalue weighted by molar-refractivity contribution is 6.03. The van der Waals surface area contributed by atoms with Gasteiger partial charge in [0.2, 0.25) is 11.8 Å². The second-order valence-corrected chi connectivity index (χ2v) is 8.46. The normalized spacial score (nSPS) is 21.4. The number of aromatic amines is 1. The van der Waals surface area contributed by atoms with Gasteiger partial charge in [0.1, 0.15) is 5.54 Å². The largest absolute Gasteiger partial charge is 0.361 e. The number of hydrogen-bond acceptors (Lipinski definition) is 3. The van der Waals surface area contributed by atoms with Crippen LogP contribution in [0, 0.1) is 0 Å². The fraction of sp³-hybridized carbons (Fsp3) is 0.333. The standard InChI is InChI=1S/C24H26N4O2/c1-27-13-10-24(11-14-27,28-21(16-22(28)29)17-5-3-2-4-6-17)23(30)26-19-7-8-20-18(15-19)9-12-25-20/h2-9,12,15,21,25H,10-11,13-14,16H2,1H3,(H,26,30)/t21-/m0/s1. The monoisotopic (exact) mass is 402 g/mol. The average Bonchev–Trinajstić information content (AvgIpc) is 3.22. The third-order valence-electron chi connectivity index (χ3n) is 6.64. The van der Waals surface area contributed by atoms with Crippen molar-refractivity contribution in [3.8, 4) is 0 Å². The first-order chi connectivity index (χ1) is 14.6. The van der Waals surface area contributed by atoms with Gasteiger partial charge in [0, 0.05) is 35.9 Å². The summed E-state index contributed by atoms with van der Waals surface area (Å²) in [6.07, 6.45) is 3.62. The number of carbonyl (C=O) groups excluding carboxylic acids is 2. The molecule has 0 radical (unpaired) electrons. The highest BCUT2D eigenvalue weighted by atomic mass is 16.2. The second kappa shape index (κ2) is 7.29. The number of nitrogens with zero attached hydrogens (tertiary/aromatic N) is 2. The Labute approximate surface area is 175 Å². The molecule has 2 aliphatic rings. The molecule has 3 heterocycles. The predicted octanol–water partition coefficient (Wildman–Crippen LogP) is 3.54. The van der Waals surface area contributed by atoms with Crippen molar-refractivity contribution in [3.63, 3.8) is 0 Å². The first-order valence-electron chi connectivity index (χ1n) is 10.5. The molecule has 2 amide bonds. The van der Waals surface area contributed by atoms with E-state index in [0.29, 0.717) is 19.3 Å². The van der Waals surface area contributed by atoms with E-state index in [4.69, 9.17) is 0 Å². The Kier molecular flexibility index (Phi) is 4.59. The number of hydrogen-bond donors (Lipinski definition) is 2. The second-order valence-electron chi connectivity index (χ2n) is 8.46. The van der Waals surface area contributed by atoms with Crippen LogP contribution in [0.5, 0.6) is 0 Å². The molecule has 2 N–H and O–H groups in total. The summed E-state index contributed by atoms with van der Waals surface area (Å²) in [7, 11) is 2.06. The Bertz CT molecular complexity index is 1080. The molecule has 2 saturated heterocycles. The number of aromatic nitrogens is 1. The van der Waals surface area contributed by atoms with Crippen molar-refractivity contribution in [1.29, 1.82) is 0 Å². The summed E-state index contributed by atoms with van der Waals surface area (Å²) in [4.78, 5) is 33.8. The minimum atomic E-state index is -0.824. The van der Waals surface area contributed by atoms with Crippen LogP contribution in [-0.4, -0.2) is 52.3 Å². The van der Waals surface area contributed by atoms with Gasteiger partial charge in [0.15, 0.2) is 0 Å². The predicted molar refractivity (Wildman–Crippen MR) is 117 cm³/mol. The molecule has 0 saturated carbocycles. The van der Waals surface area contributed by atoms with E-state index >= 15 is 0 Å². The van der Waals surface area contributed by atoms with Crippen LogP contribution in [0.1, 0.15) is 30.9 Å². The third-order valence-corrected chi connectivity index (χ3v) is 6.64. The van der Waals surface area contributed by atoms with Crippen molar-refractivity contribution >= 4 is 28.4 Å². The van der Waals surface area contributed by atoms with E-state index in [0.717, 1.165) is 35.2 Å². The molecule has 6 heteroatoms. The highest BCUT2D eigenvalue weighted by Crippen LogP contribution is 2.45. The van der Waals surface area contributed by atoms with Gasteiger partial charge in [-0.15, -0.1) is 0 Å². The van der Waals surface area contributed by atoms with Crippen LogP contribution in [0.15, 0.2) is 60.8 Å². The van der Waals surface area contributed by atoms with Gasteiger partial charge in [-0.1, -0.05) is 30.3 Å². The van der Waals surface area contributed by atoms with E-state index in [1.54, 1.807) is 0 Å². The lowest BCUT2D eigenvalue weighted by molar-refractivity contribution is -0.167. The number of nitrogens with one attached hydrogen (secondary N) is 2. The van der Waals surface area contributed by atoms with Crippen molar-refractivity contribution in [3.05, 3.63) is 66.4 Å². The molecule has 1 atom stereocenters. The number of H-pyrrole nitrogens is 1. The zero-order valence-electron chi connectivity index (χ0n) is 17.1. The molecule has 2 fully saturated rings. The molecule has 1 aromatic heterocycles. The van der Waals surface area contributed by atoms with Crippen molar-refractivity contribution in [1.82, 2.24) is 14.8 Å². The van der Waals surface area contributed by atoms with Crippen molar-refractivity contribution in [2.45, 2.75) is 30.8 Å². The summed E-state index contributed by atoms with van der Waals surface area (Å²) in [6, 6.07) is 17.8. The van der Waals surface area contributed by atoms with Gasteiger partial charge in [0.25, 0.3) is 0 Å². The number of benzene rings is 2. The molecule has 0 bridgehead atoms. The zero-order valence-corrected chi connectivity index (χ0v) is 17.1. The van der Waals surface area contributed by atoms with Crippen LogP contribution in [0.25, 0.3) is 10.9 Å². The van der Waals surface area contributed by atoms with Gasteiger partial charge in [0.05, 0.1) is 12.5 Å². The molecular formula is C24H26N4O2. The maximum Gasteiger partial charge on any atom is 0.250 e. The van der Waals surface area contributed by atoms with Gasteiger partial charge in [-0.05, 0) is 49.7 Å². The number of anilines is 1. The van der Waals surface area contributed by atoms with E-state index in [1.807, 2.05) is 65.7 Å². The van der Waals surface area contributed by atoms with Crippen LogP contribution >= 0.6 is 0 Å². The van der Waals surface area contributed by atoms with Crippen LogP contribution in [-0.2, 0) is 9.59 Å². The van der Waals surface area contributed by atoms with Crippen molar-refractivity contribution in [2.75, 3.05) is 25.5 Å². The Hall–Kier alpha value is -3.12. The topological polar surface area (TPSA) is 68.4 Å². The molecule has 3 aromatic rings. The summed E-state index contributed by atoms with van der Waals surface area (Å²) in [5, 5.41) is 4.17. The smallest absolute Gasteiger partial charge is 0.250 e. The van der Waals surface area contributed by atoms with Gasteiger partial charge in [-0.2, -0.15) is 0 Å². The quantitative estimate of drug-likeness (QED) is 0.656. The first-order valence-corrected chi connectivity index (χ1v) is 10.5. The minimum absolute atomic E-state index is 0.0417. The molecule has 154 valence electrons. The number of β-lactam (4-membered cyclic amide) rings is 1. The Balaban J connectivity index is 1.47. The van der Waals surface area contributed by atoms with Gasteiger partial charge >= 0.3 is 0 Å². The lowest BCUT2D eigenvalue weighted by Gasteiger charge is -2.54. The van der Waals surface area contributed by atoms with Crippen LogP contribution in [0.3, 0.4) is 0 Å². The van der Waals surface area contributed by atoms with E-state index in [9.17, 15) is 9.59 Å². The number of likely N-dealkylation sites (tertiary alicyclic amines) is 2. The maximum atomic E-state index is 13.7. The SMILES string of the molecule is CN1CCC(C(=O)Nc2ccc3[nH]ccc3c2)(N2C(=O)C[C@H]2c2ccccc2)CC1. The van der Waals surface area contributed by atoms with Gasteiger partial charge in [-0.3, -0.25) is 9.59 Å². The Morgan fingerprint density at radius 3 is 2.60 bits per heavy atom. The number of amides is 2. The molecule has 2 aliphatic heterocycles. The van der Waals surface area contributed by atoms with Crippen LogP contribution in [0.2, 0.25) is 0 Å². The molecule has 30 heavy (non-hydrogen) atoms. The molecule has 5 rings (SSSR count). The summed E-state index contributed by atoms with van der Waals surface area (Å²) < 4.78 is 0. The lowest BCUT2D eigenvalue weighted by atomic mass is 9.78. The van der Waals surface area contributed by atoms with Crippen LogP contribution < -0.4 is 5.32 Å². The summed E-state index contributed by atoms with van der Waals surface area (Å²) in [5.41, 5.74) is 2.06. The van der Waals surface area contributed by atoms with E-state index in [1.165, 1.54) is 0 Å². The van der Waals surface area contributed by atoms with E-state index in [2.05, 4.69) is 22.2 Å². The molecule has 0 spiro atoms.